The minimum absolute atomic E-state index is 0.0805. The first-order valence-electron chi connectivity index (χ1n) is 29.8. The molecule has 0 spiro atoms. The minimum atomic E-state index is -0.785. The fraction of sp³-hybridized carbons (Fsp3) is 0.794. The van der Waals surface area contributed by atoms with Gasteiger partial charge in [0, 0.05) is 19.3 Å². The monoisotopic (exact) mass is 965 g/mol. The Morgan fingerprint density at radius 1 is 0.304 bits per heavy atom. The van der Waals surface area contributed by atoms with Crippen molar-refractivity contribution in [2.24, 2.45) is 0 Å². The van der Waals surface area contributed by atoms with Crippen molar-refractivity contribution in [3.05, 3.63) is 60.8 Å². The van der Waals surface area contributed by atoms with Gasteiger partial charge in [0.2, 0.25) is 0 Å². The van der Waals surface area contributed by atoms with Crippen LogP contribution in [0.3, 0.4) is 0 Å². The molecule has 0 fully saturated rings. The Balaban J connectivity index is 4.40. The number of carbonyl (C=O) groups is 3. The highest BCUT2D eigenvalue weighted by Gasteiger charge is 2.19. The molecular formula is C63H112O6. The van der Waals surface area contributed by atoms with Gasteiger partial charge in [-0.3, -0.25) is 14.4 Å². The van der Waals surface area contributed by atoms with E-state index in [1.54, 1.807) is 0 Å². The van der Waals surface area contributed by atoms with Crippen LogP contribution >= 0.6 is 0 Å². The minimum Gasteiger partial charge on any atom is -0.462 e. The third-order valence-corrected chi connectivity index (χ3v) is 13.0. The Morgan fingerprint density at radius 3 is 0.884 bits per heavy atom. The Kier molecular flexibility index (Phi) is 55.3. The fourth-order valence-corrected chi connectivity index (χ4v) is 8.59. The molecule has 69 heavy (non-hydrogen) atoms. The molecule has 0 radical (unpaired) electrons. The molecule has 1 atom stereocenters. The summed E-state index contributed by atoms with van der Waals surface area (Å²) >= 11 is 0. The maximum Gasteiger partial charge on any atom is 0.306 e. The second kappa shape index (κ2) is 57.7. The van der Waals surface area contributed by atoms with Crippen molar-refractivity contribution >= 4 is 17.9 Å². The molecule has 0 N–H and O–H groups in total. The van der Waals surface area contributed by atoms with Gasteiger partial charge < -0.3 is 14.2 Å². The van der Waals surface area contributed by atoms with Crippen LogP contribution in [-0.4, -0.2) is 37.2 Å². The summed E-state index contributed by atoms with van der Waals surface area (Å²) in [6, 6.07) is 0. The molecule has 0 aliphatic heterocycles. The summed E-state index contributed by atoms with van der Waals surface area (Å²) in [6.45, 7) is 6.54. The Hall–Kier alpha value is -2.89. The van der Waals surface area contributed by atoms with Gasteiger partial charge in [0.25, 0.3) is 0 Å². The molecule has 0 unspecified atom stereocenters. The molecular weight excluding hydrogens is 853 g/mol. The Morgan fingerprint density at radius 2 is 0.565 bits per heavy atom. The lowest BCUT2D eigenvalue weighted by atomic mass is 10.0. The molecule has 0 aromatic rings. The molecule has 0 saturated heterocycles. The van der Waals surface area contributed by atoms with Gasteiger partial charge in [0.05, 0.1) is 0 Å². The van der Waals surface area contributed by atoms with Crippen LogP contribution < -0.4 is 0 Å². The number of ether oxygens (including phenoxy) is 3. The maximum absolute atomic E-state index is 12.9. The molecule has 0 aromatic heterocycles. The summed E-state index contributed by atoms with van der Waals surface area (Å²) in [5, 5.41) is 0. The topological polar surface area (TPSA) is 78.9 Å². The van der Waals surface area contributed by atoms with Crippen molar-refractivity contribution < 1.29 is 28.6 Å². The second-order valence-corrected chi connectivity index (χ2v) is 19.9. The van der Waals surface area contributed by atoms with Gasteiger partial charge in [-0.2, -0.15) is 0 Å². The molecule has 6 nitrogen and oxygen atoms in total. The number of esters is 3. The summed E-state index contributed by atoms with van der Waals surface area (Å²) < 4.78 is 16.9. The molecule has 0 aromatic carbocycles. The van der Waals surface area contributed by atoms with Gasteiger partial charge in [-0.05, 0) is 64.2 Å². The molecule has 0 rings (SSSR count). The van der Waals surface area contributed by atoms with E-state index in [9.17, 15) is 14.4 Å². The summed E-state index contributed by atoms with van der Waals surface area (Å²) in [5.74, 6) is -0.897. The first-order chi connectivity index (χ1) is 34.0. The van der Waals surface area contributed by atoms with E-state index in [0.717, 1.165) is 96.3 Å². The first-order valence-corrected chi connectivity index (χ1v) is 29.8. The van der Waals surface area contributed by atoms with Gasteiger partial charge in [0.15, 0.2) is 6.10 Å². The average Bonchev–Trinajstić information content (AvgIpc) is 3.35. The zero-order chi connectivity index (χ0) is 50.0. The van der Waals surface area contributed by atoms with Crippen molar-refractivity contribution in [2.45, 2.75) is 309 Å². The third-order valence-electron chi connectivity index (χ3n) is 13.0. The van der Waals surface area contributed by atoms with Gasteiger partial charge in [0.1, 0.15) is 13.2 Å². The predicted molar refractivity (Wildman–Crippen MR) is 298 cm³/mol. The van der Waals surface area contributed by atoms with Crippen LogP contribution in [0.5, 0.6) is 0 Å². The molecule has 0 aliphatic carbocycles. The number of hydrogen-bond acceptors (Lipinski definition) is 6. The van der Waals surface area contributed by atoms with E-state index in [1.165, 1.54) is 167 Å². The molecule has 0 heterocycles. The maximum atomic E-state index is 12.9. The van der Waals surface area contributed by atoms with Crippen molar-refractivity contribution in [3.63, 3.8) is 0 Å². The fourth-order valence-electron chi connectivity index (χ4n) is 8.59. The van der Waals surface area contributed by atoms with E-state index >= 15 is 0 Å². The second-order valence-electron chi connectivity index (χ2n) is 19.9. The lowest BCUT2D eigenvalue weighted by molar-refractivity contribution is -0.167. The van der Waals surface area contributed by atoms with E-state index in [4.69, 9.17) is 14.2 Å². The highest BCUT2D eigenvalue weighted by atomic mass is 16.6. The van der Waals surface area contributed by atoms with Gasteiger partial charge in [-0.1, -0.05) is 281 Å². The van der Waals surface area contributed by atoms with Crippen molar-refractivity contribution in [1.29, 1.82) is 0 Å². The zero-order valence-electron chi connectivity index (χ0n) is 45.8. The van der Waals surface area contributed by atoms with Crippen LogP contribution in [0.15, 0.2) is 60.8 Å². The number of allylic oxidation sites excluding steroid dienone is 10. The van der Waals surface area contributed by atoms with Gasteiger partial charge in [-0.15, -0.1) is 0 Å². The largest absolute Gasteiger partial charge is 0.462 e. The zero-order valence-corrected chi connectivity index (χ0v) is 45.8. The van der Waals surface area contributed by atoms with Gasteiger partial charge in [-0.25, -0.2) is 0 Å². The van der Waals surface area contributed by atoms with Crippen LogP contribution in [0.2, 0.25) is 0 Å². The highest BCUT2D eigenvalue weighted by Crippen LogP contribution is 2.17. The third kappa shape index (κ3) is 55.9. The number of hydrogen-bond donors (Lipinski definition) is 0. The summed E-state index contributed by atoms with van der Waals surface area (Å²) in [7, 11) is 0. The molecule has 0 aliphatic rings. The van der Waals surface area contributed by atoms with E-state index in [-0.39, 0.29) is 31.1 Å². The molecule has 0 bridgehead atoms. The molecule has 0 saturated carbocycles. The quantitative estimate of drug-likeness (QED) is 0.0262. The van der Waals surface area contributed by atoms with E-state index in [2.05, 4.69) is 81.5 Å². The van der Waals surface area contributed by atoms with Crippen molar-refractivity contribution in [2.75, 3.05) is 13.2 Å². The highest BCUT2D eigenvalue weighted by molar-refractivity contribution is 5.71. The van der Waals surface area contributed by atoms with Crippen molar-refractivity contribution in [3.8, 4) is 0 Å². The van der Waals surface area contributed by atoms with Crippen LogP contribution in [-0.2, 0) is 28.6 Å². The van der Waals surface area contributed by atoms with Gasteiger partial charge >= 0.3 is 17.9 Å². The van der Waals surface area contributed by atoms with Crippen LogP contribution in [0.4, 0.5) is 0 Å². The first kappa shape index (κ1) is 66.1. The molecule has 6 heteroatoms. The van der Waals surface area contributed by atoms with Crippen LogP contribution in [0.1, 0.15) is 303 Å². The lowest BCUT2D eigenvalue weighted by Crippen LogP contribution is -2.30. The molecule has 400 valence electrons. The smallest absolute Gasteiger partial charge is 0.306 e. The van der Waals surface area contributed by atoms with E-state index in [0.29, 0.717) is 19.3 Å². The predicted octanol–water partition coefficient (Wildman–Crippen LogP) is 20.0. The number of unbranched alkanes of at least 4 members (excludes halogenated alkanes) is 33. The summed E-state index contributed by atoms with van der Waals surface area (Å²) in [5.41, 5.74) is 0. The average molecular weight is 966 g/mol. The Labute approximate surface area is 428 Å². The molecule has 0 amide bonds. The normalized spacial score (nSPS) is 12.4. The van der Waals surface area contributed by atoms with Crippen LogP contribution in [0.25, 0.3) is 0 Å². The SMILES string of the molecule is CC/C=C\C/C=C\C/C=C\C/C=C\C/C=C\CCCCCC(=O)OC[C@H](COC(=O)CCCCCCCCCCCCCCCCC)OC(=O)CCCCCCCCCCCCCCCCCCC. The van der Waals surface area contributed by atoms with E-state index in [1.807, 2.05) is 0 Å². The van der Waals surface area contributed by atoms with Crippen LogP contribution in [0, 0.1) is 0 Å². The Bertz CT molecular complexity index is 1250. The standard InChI is InChI=1S/C63H112O6/c1-4-7-10-13-16-19-22-25-28-30-31-33-35-38-41-44-47-50-53-56-62(65)68-59-60(58-67-61(64)55-52-49-46-43-40-37-34-27-24-21-18-15-12-9-6-3)69-63(66)57-54-51-48-45-42-39-36-32-29-26-23-20-17-14-11-8-5-2/h7,10,16,19,25,28,31,33,38,41,60H,4-6,8-9,11-15,17-18,20-24,26-27,29-30,32,34-37,39-40,42-59H2,1-3H3/b10-7-,19-16-,28-25-,33-31-,41-38-/t60-/m0/s1. The summed E-state index contributed by atoms with van der Waals surface area (Å²) in [4.78, 5) is 38.2. The van der Waals surface area contributed by atoms with E-state index < -0.39 is 6.10 Å². The summed E-state index contributed by atoms with van der Waals surface area (Å²) in [6.07, 6.45) is 72.1. The number of carbonyl (C=O) groups excluding carboxylic acids is 3. The number of rotatable bonds is 54. The van der Waals surface area contributed by atoms with Crippen molar-refractivity contribution in [1.82, 2.24) is 0 Å². The lowest BCUT2D eigenvalue weighted by Gasteiger charge is -2.18.